The van der Waals surface area contributed by atoms with Crippen LogP contribution in [0.2, 0.25) is 0 Å². The standard InChI is InChI=1S/C22H25N5O/c1-26(2)17-21(19-11-7-4-8-12-19)23-22(28)14-13-20-16-27(25-24-20)15-18-9-5-3-6-10-18/h3-14,16,21H,15,17H2,1-2H3,(H,23,28)/b14-13+/t21-/m1/s1. The smallest absolute Gasteiger partial charge is 0.244 e. The number of benzene rings is 2. The molecule has 1 atom stereocenters. The first-order valence-corrected chi connectivity index (χ1v) is 9.22. The summed E-state index contributed by atoms with van der Waals surface area (Å²) in [5.41, 5.74) is 2.87. The Hall–Kier alpha value is -3.25. The highest BCUT2D eigenvalue weighted by Gasteiger charge is 2.14. The maximum absolute atomic E-state index is 12.4. The number of amides is 1. The predicted octanol–water partition coefficient (Wildman–Crippen LogP) is 2.76. The third-order valence-electron chi connectivity index (χ3n) is 4.22. The summed E-state index contributed by atoms with van der Waals surface area (Å²) in [5.74, 6) is -0.159. The number of likely N-dealkylation sites (N-methyl/N-ethyl adjacent to an activating group) is 1. The SMILES string of the molecule is CN(C)C[C@@H](NC(=O)/C=C/c1cn(Cc2ccccc2)nn1)c1ccccc1. The summed E-state index contributed by atoms with van der Waals surface area (Å²) in [4.78, 5) is 14.5. The van der Waals surface area contributed by atoms with E-state index in [4.69, 9.17) is 0 Å². The molecule has 0 bridgehead atoms. The molecule has 0 aliphatic heterocycles. The van der Waals surface area contributed by atoms with Crippen molar-refractivity contribution in [3.63, 3.8) is 0 Å². The van der Waals surface area contributed by atoms with E-state index in [2.05, 4.69) is 20.5 Å². The predicted molar refractivity (Wildman–Crippen MR) is 110 cm³/mol. The van der Waals surface area contributed by atoms with Crippen LogP contribution in [0.3, 0.4) is 0 Å². The fourth-order valence-electron chi connectivity index (χ4n) is 2.90. The zero-order valence-electron chi connectivity index (χ0n) is 16.2. The second-order valence-corrected chi connectivity index (χ2v) is 6.89. The zero-order valence-corrected chi connectivity index (χ0v) is 16.2. The maximum atomic E-state index is 12.4. The average molecular weight is 375 g/mol. The van der Waals surface area contributed by atoms with Crippen molar-refractivity contribution in [2.75, 3.05) is 20.6 Å². The van der Waals surface area contributed by atoms with Crippen molar-refractivity contribution in [3.05, 3.63) is 89.8 Å². The molecule has 0 radical (unpaired) electrons. The molecule has 0 unspecified atom stereocenters. The van der Waals surface area contributed by atoms with Crippen LogP contribution in [0.4, 0.5) is 0 Å². The van der Waals surface area contributed by atoms with E-state index in [1.54, 1.807) is 10.8 Å². The molecule has 144 valence electrons. The van der Waals surface area contributed by atoms with Crippen LogP contribution in [-0.2, 0) is 11.3 Å². The Labute approximate surface area is 165 Å². The van der Waals surface area contributed by atoms with Crippen LogP contribution in [-0.4, -0.2) is 46.4 Å². The minimum atomic E-state index is -0.159. The van der Waals surface area contributed by atoms with Crippen LogP contribution in [0.15, 0.2) is 72.9 Å². The third kappa shape index (κ3) is 5.89. The Morgan fingerprint density at radius 3 is 2.46 bits per heavy atom. The van der Waals surface area contributed by atoms with E-state index in [1.807, 2.05) is 81.0 Å². The van der Waals surface area contributed by atoms with E-state index in [9.17, 15) is 4.79 Å². The molecule has 6 heteroatoms. The second kappa shape index (κ2) is 9.62. The van der Waals surface area contributed by atoms with Crippen molar-refractivity contribution in [1.82, 2.24) is 25.2 Å². The van der Waals surface area contributed by atoms with E-state index < -0.39 is 0 Å². The molecule has 0 fully saturated rings. The molecule has 1 N–H and O–H groups in total. The first kappa shape index (κ1) is 19.5. The molecule has 0 saturated heterocycles. The summed E-state index contributed by atoms with van der Waals surface area (Å²) in [6, 6.07) is 19.9. The number of rotatable bonds is 8. The number of hydrogen-bond acceptors (Lipinski definition) is 4. The average Bonchev–Trinajstić information content (AvgIpc) is 3.14. The number of nitrogens with zero attached hydrogens (tertiary/aromatic N) is 4. The number of nitrogens with one attached hydrogen (secondary N) is 1. The molecule has 0 aliphatic rings. The van der Waals surface area contributed by atoms with Crippen LogP contribution in [0.5, 0.6) is 0 Å². The van der Waals surface area contributed by atoms with Gasteiger partial charge >= 0.3 is 0 Å². The third-order valence-corrected chi connectivity index (χ3v) is 4.22. The van der Waals surface area contributed by atoms with Gasteiger partial charge in [0.25, 0.3) is 0 Å². The molecule has 0 saturated carbocycles. The highest BCUT2D eigenvalue weighted by atomic mass is 16.1. The Morgan fingerprint density at radius 2 is 1.79 bits per heavy atom. The Morgan fingerprint density at radius 1 is 1.11 bits per heavy atom. The number of carbonyl (C=O) groups is 1. The number of carbonyl (C=O) groups excluding carboxylic acids is 1. The highest BCUT2D eigenvalue weighted by molar-refractivity contribution is 5.91. The van der Waals surface area contributed by atoms with Gasteiger partial charge in [0.15, 0.2) is 0 Å². The first-order chi connectivity index (χ1) is 13.6. The van der Waals surface area contributed by atoms with Gasteiger partial charge in [-0.2, -0.15) is 0 Å². The number of aromatic nitrogens is 3. The van der Waals surface area contributed by atoms with Crippen LogP contribution in [0.1, 0.15) is 22.9 Å². The minimum Gasteiger partial charge on any atom is -0.344 e. The van der Waals surface area contributed by atoms with Gasteiger partial charge in [-0.1, -0.05) is 65.9 Å². The fourth-order valence-corrected chi connectivity index (χ4v) is 2.90. The molecule has 1 amide bonds. The van der Waals surface area contributed by atoms with E-state index >= 15 is 0 Å². The van der Waals surface area contributed by atoms with Gasteiger partial charge in [-0.3, -0.25) is 4.79 Å². The van der Waals surface area contributed by atoms with Crippen LogP contribution in [0, 0.1) is 0 Å². The van der Waals surface area contributed by atoms with Crippen molar-refractivity contribution >= 4 is 12.0 Å². The maximum Gasteiger partial charge on any atom is 0.244 e. The molecular formula is C22H25N5O. The van der Waals surface area contributed by atoms with Gasteiger partial charge < -0.3 is 10.2 Å². The first-order valence-electron chi connectivity index (χ1n) is 9.22. The summed E-state index contributed by atoms with van der Waals surface area (Å²) >= 11 is 0. The molecule has 0 aliphatic carbocycles. The van der Waals surface area contributed by atoms with Gasteiger partial charge in [-0.15, -0.1) is 5.10 Å². The zero-order chi connectivity index (χ0) is 19.8. The van der Waals surface area contributed by atoms with Crippen LogP contribution < -0.4 is 5.32 Å². The van der Waals surface area contributed by atoms with Gasteiger partial charge in [0.05, 0.1) is 18.8 Å². The molecule has 3 aromatic rings. The van der Waals surface area contributed by atoms with Crippen LogP contribution in [0.25, 0.3) is 6.08 Å². The highest BCUT2D eigenvalue weighted by Crippen LogP contribution is 2.13. The molecule has 0 spiro atoms. The summed E-state index contributed by atoms with van der Waals surface area (Å²) < 4.78 is 1.76. The Kier molecular flexibility index (Phi) is 6.70. The molecule has 1 aromatic heterocycles. The molecular weight excluding hydrogens is 350 g/mol. The topological polar surface area (TPSA) is 63.1 Å². The molecule has 3 rings (SSSR count). The second-order valence-electron chi connectivity index (χ2n) is 6.89. The lowest BCUT2D eigenvalue weighted by Crippen LogP contribution is -2.34. The van der Waals surface area contributed by atoms with Crippen molar-refractivity contribution in [1.29, 1.82) is 0 Å². The monoisotopic (exact) mass is 375 g/mol. The van der Waals surface area contributed by atoms with Gasteiger partial charge in [-0.25, -0.2) is 4.68 Å². The lowest BCUT2D eigenvalue weighted by Gasteiger charge is -2.22. The van der Waals surface area contributed by atoms with E-state index in [-0.39, 0.29) is 11.9 Å². The van der Waals surface area contributed by atoms with E-state index in [0.29, 0.717) is 12.2 Å². The lowest BCUT2D eigenvalue weighted by atomic mass is 10.1. The Bertz CT molecular complexity index is 903. The summed E-state index contributed by atoms with van der Waals surface area (Å²) in [5, 5.41) is 11.3. The molecule has 28 heavy (non-hydrogen) atoms. The van der Waals surface area contributed by atoms with Crippen molar-refractivity contribution in [2.24, 2.45) is 0 Å². The van der Waals surface area contributed by atoms with Crippen molar-refractivity contribution in [2.45, 2.75) is 12.6 Å². The van der Waals surface area contributed by atoms with E-state index in [0.717, 1.165) is 17.7 Å². The molecule has 1 heterocycles. The number of hydrogen-bond donors (Lipinski definition) is 1. The Balaban J connectivity index is 1.61. The minimum absolute atomic E-state index is 0.0814. The normalized spacial score (nSPS) is 12.4. The molecule has 2 aromatic carbocycles. The molecule has 6 nitrogen and oxygen atoms in total. The van der Waals surface area contributed by atoms with Crippen molar-refractivity contribution in [3.8, 4) is 0 Å². The summed E-state index contributed by atoms with van der Waals surface area (Å²) in [6.07, 6.45) is 5.01. The lowest BCUT2D eigenvalue weighted by molar-refractivity contribution is -0.117. The van der Waals surface area contributed by atoms with Gasteiger partial charge in [0.2, 0.25) is 5.91 Å². The van der Waals surface area contributed by atoms with Gasteiger partial charge in [0.1, 0.15) is 5.69 Å². The largest absolute Gasteiger partial charge is 0.344 e. The van der Waals surface area contributed by atoms with Crippen LogP contribution >= 0.6 is 0 Å². The summed E-state index contributed by atoms with van der Waals surface area (Å²) in [7, 11) is 3.98. The van der Waals surface area contributed by atoms with Gasteiger partial charge in [0, 0.05) is 12.6 Å². The summed E-state index contributed by atoms with van der Waals surface area (Å²) in [6.45, 7) is 1.36. The van der Waals surface area contributed by atoms with Gasteiger partial charge in [-0.05, 0) is 31.3 Å². The van der Waals surface area contributed by atoms with Crippen molar-refractivity contribution < 1.29 is 4.79 Å². The van der Waals surface area contributed by atoms with E-state index in [1.165, 1.54) is 6.08 Å². The fraction of sp³-hybridized carbons (Fsp3) is 0.227. The quantitative estimate of drug-likeness (QED) is 0.615.